The number of amides is 1. The average molecular weight is 440 g/mol. The number of halogens is 1. The van der Waals surface area contributed by atoms with Gasteiger partial charge in [0.25, 0.3) is 0 Å². The zero-order chi connectivity index (χ0) is 22.5. The normalized spacial score (nSPS) is 12.4. The van der Waals surface area contributed by atoms with E-state index in [0.717, 1.165) is 20.7 Å². The molecule has 0 radical (unpaired) electrons. The van der Waals surface area contributed by atoms with Crippen molar-refractivity contribution in [3.05, 3.63) is 53.8 Å². The van der Waals surface area contributed by atoms with Crippen LogP contribution in [0.5, 0.6) is 11.5 Å². The maximum atomic E-state index is 13.3. The highest BCUT2D eigenvalue weighted by Gasteiger charge is 2.28. The summed E-state index contributed by atoms with van der Waals surface area (Å²) in [6, 6.07) is 9.58. The summed E-state index contributed by atoms with van der Waals surface area (Å²) in [7, 11) is 1.77. The van der Waals surface area contributed by atoms with Gasteiger partial charge in [-0.1, -0.05) is 0 Å². The Morgan fingerprint density at radius 3 is 2.27 bits per heavy atom. The summed E-state index contributed by atoms with van der Waals surface area (Å²) in [5.74, 6) is 0.0983. The standard InChI is InChI=1S/C20H26FN3O5S/c1-14(18-12-17(28-4)10-11-19(18)29-5)22-20(25)13-24(30(26,27)23(2)3)16-8-6-15(21)7-9-16/h6-12,14H,13H2,1-5H3,(H,22,25)/t14-/m0/s1. The van der Waals surface area contributed by atoms with E-state index in [2.05, 4.69) is 5.32 Å². The van der Waals surface area contributed by atoms with Crippen molar-refractivity contribution >= 4 is 21.8 Å². The van der Waals surface area contributed by atoms with Crippen molar-refractivity contribution in [2.75, 3.05) is 39.2 Å². The Labute approximate surface area is 176 Å². The number of hydrogen-bond donors (Lipinski definition) is 1. The number of ether oxygens (including phenoxy) is 2. The van der Waals surface area contributed by atoms with Crippen LogP contribution in [-0.2, 0) is 15.0 Å². The Balaban J connectivity index is 2.27. The van der Waals surface area contributed by atoms with E-state index in [4.69, 9.17) is 9.47 Å². The third-order valence-electron chi connectivity index (χ3n) is 4.42. The predicted molar refractivity (Wildman–Crippen MR) is 112 cm³/mol. The highest BCUT2D eigenvalue weighted by Crippen LogP contribution is 2.29. The molecule has 8 nitrogen and oxygen atoms in total. The van der Waals surface area contributed by atoms with E-state index < -0.39 is 34.5 Å². The fourth-order valence-electron chi connectivity index (χ4n) is 2.78. The quantitative estimate of drug-likeness (QED) is 0.648. The molecule has 1 atom stereocenters. The summed E-state index contributed by atoms with van der Waals surface area (Å²) in [5, 5.41) is 2.77. The number of hydrogen-bond acceptors (Lipinski definition) is 5. The van der Waals surface area contributed by atoms with E-state index in [9.17, 15) is 17.6 Å². The molecule has 2 rings (SSSR count). The van der Waals surface area contributed by atoms with Gasteiger partial charge in [-0.15, -0.1) is 0 Å². The van der Waals surface area contributed by atoms with Crippen molar-refractivity contribution in [2.45, 2.75) is 13.0 Å². The second kappa shape index (κ2) is 9.77. The summed E-state index contributed by atoms with van der Waals surface area (Å²) in [5.41, 5.74) is 0.848. The maximum absolute atomic E-state index is 13.3. The van der Waals surface area contributed by atoms with Crippen molar-refractivity contribution in [2.24, 2.45) is 0 Å². The van der Waals surface area contributed by atoms with Gasteiger partial charge in [0.2, 0.25) is 5.91 Å². The second-order valence-electron chi connectivity index (χ2n) is 6.67. The number of benzene rings is 2. The van der Waals surface area contributed by atoms with E-state index in [-0.39, 0.29) is 5.69 Å². The van der Waals surface area contributed by atoms with Gasteiger partial charge < -0.3 is 14.8 Å². The fourth-order valence-corrected chi connectivity index (χ4v) is 3.85. The average Bonchev–Trinajstić information content (AvgIpc) is 2.71. The highest BCUT2D eigenvalue weighted by atomic mass is 32.2. The molecule has 164 valence electrons. The lowest BCUT2D eigenvalue weighted by atomic mass is 10.1. The van der Waals surface area contributed by atoms with Gasteiger partial charge in [-0.3, -0.25) is 4.79 Å². The molecule has 0 spiro atoms. The number of carbonyl (C=O) groups excluding carboxylic acids is 1. The number of carbonyl (C=O) groups is 1. The fraction of sp³-hybridized carbons (Fsp3) is 0.350. The molecule has 2 aromatic rings. The molecule has 10 heteroatoms. The lowest BCUT2D eigenvalue weighted by Crippen LogP contribution is -2.46. The van der Waals surface area contributed by atoms with E-state index in [0.29, 0.717) is 17.1 Å². The summed E-state index contributed by atoms with van der Waals surface area (Å²) in [6.07, 6.45) is 0. The van der Waals surface area contributed by atoms with E-state index in [1.54, 1.807) is 25.1 Å². The first-order valence-electron chi connectivity index (χ1n) is 9.07. The molecule has 0 saturated carbocycles. The zero-order valence-corrected chi connectivity index (χ0v) is 18.4. The summed E-state index contributed by atoms with van der Waals surface area (Å²) >= 11 is 0. The molecule has 0 aliphatic rings. The largest absolute Gasteiger partial charge is 0.497 e. The van der Waals surface area contributed by atoms with Crippen molar-refractivity contribution in [3.63, 3.8) is 0 Å². The van der Waals surface area contributed by atoms with Crippen LogP contribution in [0.4, 0.5) is 10.1 Å². The van der Waals surface area contributed by atoms with Gasteiger partial charge in [0.15, 0.2) is 0 Å². The van der Waals surface area contributed by atoms with Crippen molar-refractivity contribution in [3.8, 4) is 11.5 Å². The minimum absolute atomic E-state index is 0.173. The smallest absolute Gasteiger partial charge is 0.304 e. The molecular weight excluding hydrogens is 413 g/mol. The van der Waals surface area contributed by atoms with Crippen LogP contribution < -0.4 is 19.1 Å². The van der Waals surface area contributed by atoms with Crippen LogP contribution in [0, 0.1) is 5.82 Å². The first kappa shape index (κ1) is 23.4. The van der Waals surface area contributed by atoms with Crippen molar-refractivity contribution in [1.29, 1.82) is 0 Å². The predicted octanol–water partition coefficient (Wildman–Crippen LogP) is 2.33. The molecule has 0 aromatic heterocycles. The molecule has 1 N–H and O–H groups in total. The first-order valence-corrected chi connectivity index (χ1v) is 10.5. The van der Waals surface area contributed by atoms with E-state index in [1.807, 2.05) is 0 Å². The lowest BCUT2D eigenvalue weighted by Gasteiger charge is -2.27. The van der Waals surface area contributed by atoms with Crippen molar-refractivity contribution < 1.29 is 27.1 Å². The Kier molecular flexibility index (Phi) is 7.63. The number of nitrogens with one attached hydrogen (secondary N) is 1. The molecule has 0 aliphatic carbocycles. The SMILES string of the molecule is COc1ccc(OC)c([C@H](C)NC(=O)CN(c2ccc(F)cc2)S(=O)(=O)N(C)C)c1. The van der Waals surface area contributed by atoms with Gasteiger partial charge in [0.05, 0.1) is 25.9 Å². The van der Waals surface area contributed by atoms with Gasteiger partial charge in [-0.2, -0.15) is 12.7 Å². The number of anilines is 1. The molecule has 0 bridgehead atoms. The van der Waals surface area contributed by atoms with Gasteiger partial charge in [-0.05, 0) is 49.4 Å². The number of rotatable bonds is 9. The van der Waals surface area contributed by atoms with E-state index in [1.165, 1.54) is 40.4 Å². The van der Waals surface area contributed by atoms with Crippen LogP contribution in [-0.4, -0.2) is 53.5 Å². The van der Waals surface area contributed by atoms with Crippen LogP contribution in [0.2, 0.25) is 0 Å². The van der Waals surface area contributed by atoms with Crippen LogP contribution in [0.15, 0.2) is 42.5 Å². The molecule has 2 aromatic carbocycles. The van der Waals surface area contributed by atoms with Crippen LogP contribution >= 0.6 is 0 Å². The molecule has 30 heavy (non-hydrogen) atoms. The van der Waals surface area contributed by atoms with Crippen molar-refractivity contribution in [1.82, 2.24) is 9.62 Å². The van der Waals surface area contributed by atoms with Gasteiger partial charge in [0.1, 0.15) is 23.9 Å². The second-order valence-corrected chi connectivity index (χ2v) is 8.74. The third kappa shape index (κ3) is 5.39. The minimum atomic E-state index is -3.99. The van der Waals surface area contributed by atoms with Crippen LogP contribution in [0.3, 0.4) is 0 Å². The van der Waals surface area contributed by atoms with Gasteiger partial charge >= 0.3 is 10.2 Å². The lowest BCUT2D eigenvalue weighted by molar-refractivity contribution is -0.120. The molecule has 0 fully saturated rings. The number of nitrogens with zero attached hydrogens (tertiary/aromatic N) is 2. The van der Waals surface area contributed by atoms with Crippen LogP contribution in [0.25, 0.3) is 0 Å². The molecule has 1 amide bonds. The Bertz CT molecular complexity index is 980. The molecule has 0 aliphatic heterocycles. The highest BCUT2D eigenvalue weighted by molar-refractivity contribution is 7.90. The van der Waals surface area contributed by atoms with Gasteiger partial charge in [0, 0.05) is 19.7 Å². The molecule has 0 unspecified atom stereocenters. The molecule has 0 saturated heterocycles. The first-order chi connectivity index (χ1) is 14.1. The zero-order valence-electron chi connectivity index (χ0n) is 17.5. The minimum Gasteiger partial charge on any atom is -0.497 e. The topological polar surface area (TPSA) is 88.2 Å². The Hall–Kier alpha value is -2.85. The van der Waals surface area contributed by atoms with E-state index >= 15 is 0 Å². The maximum Gasteiger partial charge on any atom is 0.304 e. The Morgan fingerprint density at radius 1 is 1.10 bits per heavy atom. The molecule has 0 heterocycles. The summed E-state index contributed by atoms with van der Waals surface area (Å²) < 4.78 is 51.2. The third-order valence-corrected chi connectivity index (χ3v) is 6.24. The van der Waals surface area contributed by atoms with Crippen LogP contribution in [0.1, 0.15) is 18.5 Å². The summed E-state index contributed by atoms with van der Waals surface area (Å²) in [4.78, 5) is 12.7. The van der Waals surface area contributed by atoms with Gasteiger partial charge in [-0.25, -0.2) is 8.70 Å². The monoisotopic (exact) mass is 439 g/mol. The Morgan fingerprint density at radius 2 is 1.73 bits per heavy atom. The number of methoxy groups -OCH3 is 2. The summed E-state index contributed by atoms with van der Waals surface area (Å²) in [6.45, 7) is 1.26. The molecular formula is C20H26FN3O5S.